The van der Waals surface area contributed by atoms with Crippen LogP contribution in [0, 0.1) is 13.8 Å². The third kappa shape index (κ3) is 4.54. The first-order valence-corrected chi connectivity index (χ1v) is 9.42. The van der Waals surface area contributed by atoms with E-state index in [9.17, 15) is 4.79 Å². The summed E-state index contributed by atoms with van der Waals surface area (Å²) in [6.45, 7) is 5.77. The molecule has 1 fully saturated rings. The van der Waals surface area contributed by atoms with Crippen LogP contribution in [0.3, 0.4) is 0 Å². The van der Waals surface area contributed by atoms with E-state index in [2.05, 4.69) is 37.0 Å². The second kappa shape index (κ2) is 7.75. The highest BCUT2D eigenvalue weighted by molar-refractivity contribution is 7.07. The maximum Gasteiger partial charge on any atom is 0.220 e. The van der Waals surface area contributed by atoms with E-state index >= 15 is 0 Å². The van der Waals surface area contributed by atoms with Crippen molar-refractivity contribution in [2.45, 2.75) is 45.6 Å². The Morgan fingerprint density at radius 2 is 2.12 bits per heavy atom. The van der Waals surface area contributed by atoms with Gasteiger partial charge in [0.05, 0.1) is 0 Å². The smallest absolute Gasteiger partial charge is 0.220 e. The van der Waals surface area contributed by atoms with Gasteiger partial charge in [-0.3, -0.25) is 4.79 Å². The average Bonchev–Trinajstić information content (AvgIpc) is 3.06. The molecule has 1 amide bonds. The number of thiophene rings is 1. The molecule has 24 heavy (non-hydrogen) atoms. The number of amides is 1. The minimum atomic E-state index is 0.161. The summed E-state index contributed by atoms with van der Waals surface area (Å²) in [5, 5.41) is 7.34. The summed E-state index contributed by atoms with van der Waals surface area (Å²) < 4.78 is 0. The number of carbonyl (C=O) groups excluding carboxylic acids is 1. The van der Waals surface area contributed by atoms with Crippen LogP contribution in [0.1, 0.15) is 36.3 Å². The molecule has 0 atom stereocenters. The van der Waals surface area contributed by atoms with E-state index in [1.165, 1.54) is 5.56 Å². The maximum absolute atomic E-state index is 12.1. The van der Waals surface area contributed by atoms with Crippen LogP contribution in [-0.4, -0.2) is 35.0 Å². The number of hydrogen-bond donors (Lipinski definition) is 1. The van der Waals surface area contributed by atoms with Crippen molar-refractivity contribution in [1.29, 1.82) is 0 Å². The lowest BCUT2D eigenvalue weighted by molar-refractivity contribution is -0.121. The van der Waals surface area contributed by atoms with Gasteiger partial charge >= 0.3 is 0 Å². The molecule has 5 nitrogen and oxygen atoms in total. The quantitative estimate of drug-likeness (QED) is 0.906. The average molecular weight is 344 g/mol. The maximum atomic E-state index is 12.1. The van der Waals surface area contributed by atoms with Gasteiger partial charge in [0.25, 0.3) is 0 Å². The molecule has 3 rings (SSSR count). The monoisotopic (exact) mass is 344 g/mol. The van der Waals surface area contributed by atoms with E-state index in [4.69, 9.17) is 0 Å². The topological polar surface area (TPSA) is 58.1 Å². The third-order valence-corrected chi connectivity index (χ3v) is 5.09. The normalized spacial score (nSPS) is 15.5. The van der Waals surface area contributed by atoms with E-state index in [1.807, 2.05) is 19.9 Å². The number of piperidine rings is 1. The fourth-order valence-electron chi connectivity index (χ4n) is 3.10. The number of rotatable bonds is 5. The van der Waals surface area contributed by atoms with Crippen molar-refractivity contribution in [1.82, 2.24) is 15.3 Å². The zero-order chi connectivity index (χ0) is 16.9. The first-order valence-electron chi connectivity index (χ1n) is 8.48. The van der Waals surface area contributed by atoms with E-state index < -0.39 is 0 Å². The van der Waals surface area contributed by atoms with Gasteiger partial charge in [-0.1, -0.05) is 0 Å². The number of carbonyl (C=O) groups is 1. The number of hydrogen-bond acceptors (Lipinski definition) is 5. The highest BCUT2D eigenvalue weighted by atomic mass is 32.1. The molecule has 0 unspecified atom stereocenters. The largest absolute Gasteiger partial charge is 0.356 e. The van der Waals surface area contributed by atoms with Gasteiger partial charge in [0.15, 0.2) is 0 Å². The Morgan fingerprint density at radius 1 is 1.33 bits per heavy atom. The zero-order valence-electron chi connectivity index (χ0n) is 14.3. The molecule has 2 aromatic rings. The Labute approximate surface area is 147 Å². The second-order valence-electron chi connectivity index (χ2n) is 6.38. The fraction of sp³-hybridized carbons (Fsp3) is 0.500. The molecular formula is C18H24N4OS. The number of aromatic nitrogens is 2. The minimum absolute atomic E-state index is 0.161. The van der Waals surface area contributed by atoms with E-state index in [0.29, 0.717) is 6.42 Å². The predicted octanol–water partition coefficient (Wildman–Crippen LogP) is 2.87. The van der Waals surface area contributed by atoms with Gasteiger partial charge in [0.2, 0.25) is 5.91 Å². The summed E-state index contributed by atoms with van der Waals surface area (Å²) in [5.74, 6) is 1.98. The minimum Gasteiger partial charge on any atom is -0.356 e. The molecule has 0 radical (unpaired) electrons. The van der Waals surface area contributed by atoms with Crippen molar-refractivity contribution in [2.75, 3.05) is 18.0 Å². The summed E-state index contributed by atoms with van der Waals surface area (Å²) in [6.07, 6.45) is 3.33. The SMILES string of the molecule is Cc1cc(N2CCC(NC(=O)CCc3ccsc3)CC2)nc(C)n1. The van der Waals surface area contributed by atoms with Crippen molar-refractivity contribution in [3.63, 3.8) is 0 Å². The highest BCUT2D eigenvalue weighted by Gasteiger charge is 2.21. The van der Waals surface area contributed by atoms with Gasteiger partial charge in [-0.25, -0.2) is 9.97 Å². The van der Waals surface area contributed by atoms with Crippen molar-refractivity contribution in [3.05, 3.63) is 40.0 Å². The summed E-state index contributed by atoms with van der Waals surface area (Å²) in [4.78, 5) is 23.3. The predicted molar refractivity (Wildman–Crippen MR) is 97.5 cm³/mol. The van der Waals surface area contributed by atoms with Crippen LogP contribution in [0.4, 0.5) is 5.82 Å². The van der Waals surface area contributed by atoms with Crippen molar-refractivity contribution in [3.8, 4) is 0 Å². The molecule has 1 saturated heterocycles. The molecule has 0 aliphatic carbocycles. The van der Waals surface area contributed by atoms with Gasteiger partial charge in [0.1, 0.15) is 11.6 Å². The van der Waals surface area contributed by atoms with Gasteiger partial charge in [-0.05, 0) is 55.5 Å². The highest BCUT2D eigenvalue weighted by Crippen LogP contribution is 2.19. The first-order chi connectivity index (χ1) is 11.6. The Hall–Kier alpha value is -1.95. The summed E-state index contributed by atoms with van der Waals surface area (Å²) in [5.41, 5.74) is 2.25. The van der Waals surface area contributed by atoms with Gasteiger partial charge in [0, 0.05) is 37.3 Å². The molecule has 1 aliphatic rings. The van der Waals surface area contributed by atoms with Gasteiger partial charge < -0.3 is 10.2 Å². The molecule has 1 N–H and O–H groups in total. The summed E-state index contributed by atoms with van der Waals surface area (Å²) in [6, 6.07) is 4.40. The van der Waals surface area contributed by atoms with Crippen LogP contribution in [0.5, 0.6) is 0 Å². The van der Waals surface area contributed by atoms with Gasteiger partial charge in [-0.2, -0.15) is 11.3 Å². The van der Waals surface area contributed by atoms with Crippen LogP contribution < -0.4 is 10.2 Å². The summed E-state index contributed by atoms with van der Waals surface area (Å²) in [7, 11) is 0. The van der Waals surface area contributed by atoms with Crippen molar-refractivity contribution < 1.29 is 4.79 Å². The number of aryl methyl sites for hydroxylation is 3. The molecule has 128 valence electrons. The van der Waals surface area contributed by atoms with Crippen molar-refractivity contribution >= 4 is 23.1 Å². The van der Waals surface area contributed by atoms with E-state index in [-0.39, 0.29) is 11.9 Å². The van der Waals surface area contributed by atoms with Gasteiger partial charge in [-0.15, -0.1) is 0 Å². The lowest BCUT2D eigenvalue weighted by Gasteiger charge is -2.33. The Balaban J connectivity index is 1.45. The third-order valence-electron chi connectivity index (χ3n) is 4.36. The lowest BCUT2D eigenvalue weighted by Crippen LogP contribution is -2.45. The fourth-order valence-corrected chi connectivity index (χ4v) is 3.81. The van der Waals surface area contributed by atoms with Crippen LogP contribution in [-0.2, 0) is 11.2 Å². The van der Waals surface area contributed by atoms with Crippen LogP contribution in [0.25, 0.3) is 0 Å². The van der Waals surface area contributed by atoms with Crippen LogP contribution >= 0.6 is 11.3 Å². The van der Waals surface area contributed by atoms with E-state index in [0.717, 1.165) is 49.7 Å². The zero-order valence-corrected chi connectivity index (χ0v) is 15.1. The number of nitrogens with zero attached hydrogens (tertiary/aromatic N) is 3. The van der Waals surface area contributed by atoms with Crippen LogP contribution in [0.2, 0.25) is 0 Å². The molecule has 0 saturated carbocycles. The molecule has 0 spiro atoms. The molecule has 1 aliphatic heterocycles. The number of nitrogens with one attached hydrogen (secondary N) is 1. The van der Waals surface area contributed by atoms with Crippen molar-refractivity contribution in [2.24, 2.45) is 0 Å². The van der Waals surface area contributed by atoms with Crippen LogP contribution in [0.15, 0.2) is 22.9 Å². The molecular weight excluding hydrogens is 320 g/mol. The molecule has 2 aromatic heterocycles. The standard InChI is InChI=1S/C18H24N4OS/c1-13-11-17(20-14(2)19-13)22-8-5-16(6-9-22)21-18(23)4-3-15-7-10-24-12-15/h7,10-12,16H,3-6,8-9H2,1-2H3,(H,21,23). The molecule has 0 bridgehead atoms. The molecule has 3 heterocycles. The first kappa shape index (κ1) is 16.9. The number of anilines is 1. The lowest BCUT2D eigenvalue weighted by atomic mass is 10.0. The Bertz CT molecular complexity index is 658. The second-order valence-corrected chi connectivity index (χ2v) is 7.16. The Kier molecular flexibility index (Phi) is 5.45. The molecule has 6 heteroatoms. The van der Waals surface area contributed by atoms with E-state index in [1.54, 1.807) is 11.3 Å². The molecule has 0 aromatic carbocycles. The summed E-state index contributed by atoms with van der Waals surface area (Å²) >= 11 is 1.68. The Morgan fingerprint density at radius 3 is 2.79 bits per heavy atom.